The summed E-state index contributed by atoms with van der Waals surface area (Å²) in [7, 11) is 0. The van der Waals surface area contributed by atoms with E-state index in [1.165, 1.54) is 0 Å². The summed E-state index contributed by atoms with van der Waals surface area (Å²) in [6, 6.07) is 10.1. The Kier molecular flexibility index (Phi) is 10.1. The molecule has 164 valence electrons. The molecule has 0 aliphatic carbocycles. The minimum Gasteiger partial charge on any atom is -0.493 e. The van der Waals surface area contributed by atoms with Crippen molar-refractivity contribution in [3.8, 4) is 5.75 Å². The first-order valence-corrected chi connectivity index (χ1v) is 10.4. The molecule has 0 spiro atoms. The smallest absolute Gasteiger partial charge is 0.225 e. The van der Waals surface area contributed by atoms with E-state index < -0.39 is 0 Å². The number of nitrogens with one attached hydrogen (secondary N) is 1. The third-order valence-electron chi connectivity index (χ3n) is 4.64. The first-order valence-electron chi connectivity index (χ1n) is 10.4. The van der Waals surface area contributed by atoms with Gasteiger partial charge in [0.2, 0.25) is 5.95 Å². The van der Waals surface area contributed by atoms with E-state index in [9.17, 15) is 0 Å². The predicted octanol–water partition coefficient (Wildman–Crippen LogP) is 3.42. The van der Waals surface area contributed by atoms with Crippen LogP contribution >= 0.6 is 24.0 Å². The van der Waals surface area contributed by atoms with Gasteiger partial charge in [0.1, 0.15) is 5.75 Å². The predicted molar refractivity (Wildman–Crippen MR) is 133 cm³/mol. The number of halogens is 1. The first-order chi connectivity index (χ1) is 14.2. The van der Waals surface area contributed by atoms with Crippen molar-refractivity contribution in [2.75, 3.05) is 44.2 Å². The molecule has 0 unspecified atom stereocenters. The monoisotopic (exact) mass is 524 g/mol. The maximum atomic E-state index is 5.84. The van der Waals surface area contributed by atoms with Crippen molar-refractivity contribution < 1.29 is 4.74 Å². The topological polar surface area (TPSA) is 65.9 Å². The van der Waals surface area contributed by atoms with Gasteiger partial charge in [0.25, 0.3) is 0 Å². The van der Waals surface area contributed by atoms with Crippen molar-refractivity contribution in [2.24, 2.45) is 10.9 Å². The number of aliphatic imine (C=N–C) groups is 1. The summed E-state index contributed by atoms with van der Waals surface area (Å²) >= 11 is 0. The molecule has 1 aromatic heterocycles. The lowest BCUT2D eigenvalue weighted by molar-refractivity contribution is 0.271. The summed E-state index contributed by atoms with van der Waals surface area (Å²) in [5.74, 6) is 3.17. The molecule has 30 heavy (non-hydrogen) atoms. The SMILES string of the molecule is CCNC(=NCc1cccc(OCC(C)C)c1)N1CCN(c2ncccn2)CC1.I. The van der Waals surface area contributed by atoms with Crippen molar-refractivity contribution in [1.29, 1.82) is 0 Å². The molecule has 1 aliphatic heterocycles. The number of aromatic nitrogens is 2. The van der Waals surface area contributed by atoms with E-state index >= 15 is 0 Å². The van der Waals surface area contributed by atoms with Gasteiger partial charge in [-0.25, -0.2) is 15.0 Å². The lowest BCUT2D eigenvalue weighted by atomic mass is 10.2. The highest BCUT2D eigenvalue weighted by molar-refractivity contribution is 14.0. The van der Waals surface area contributed by atoms with E-state index in [1.54, 1.807) is 12.4 Å². The summed E-state index contributed by atoms with van der Waals surface area (Å²) in [5.41, 5.74) is 1.15. The molecule has 1 saturated heterocycles. The summed E-state index contributed by atoms with van der Waals surface area (Å²) < 4.78 is 5.84. The molecule has 0 radical (unpaired) electrons. The second-order valence-electron chi connectivity index (χ2n) is 7.55. The number of ether oxygens (including phenoxy) is 1. The van der Waals surface area contributed by atoms with Crippen molar-refractivity contribution in [3.05, 3.63) is 48.3 Å². The molecule has 1 aromatic carbocycles. The number of hydrogen-bond donors (Lipinski definition) is 1. The van der Waals surface area contributed by atoms with Crippen LogP contribution in [-0.4, -0.2) is 60.2 Å². The number of benzene rings is 1. The van der Waals surface area contributed by atoms with Gasteiger partial charge in [0.05, 0.1) is 13.2 Å². The summed E-state index contributed by atoms with van der Waals surface area (Å²) in [5, 5.41) is 3.43. The maximum Gasteiger partial charge on any atom is 0.225 e. The van der Waals surface area contributed by atoms with Crippen LogP contribution in [0.3, 0.4) is 0 Å². The van der Waals surface area contributed by atoms with E-state index in [-0.39, 0.29) is 24.0 Å². The van der Waals surface area contributed by atoms with Gasteiger partial charge in [-0.1, -0.05) is 26.0 Å². The number of anilines is 1. The van der Waals surface area contributed by atoms with E-state index in [1.807, 2.05) is 18.2 Å². The van der Waals surface area contributed by atoms with Gasteiger partial charge >= 0.3 is 0 Å². The lowest BCUT2D eigenvalue weighted by Crippen LogP contribution is -2.52. The zero-order valence-corrected chi connectivity index (χ0v) is 20.5. The van der Waals surface area contributed by atoms with E-state index in [0.717, 1.165) is 62.6 Å². The fourth-order valence-corrected chi connectivity index (χ4v) is 3.16. The van der Waals surface area contributed by atoms with Crippen LogP contribution in [0.5, 0.6) is 5.75 Å². The van der Waals surface area contributed by atoms with Gasteiger partial charge in [-0.3, -0.25) is 0 Å². The molecule has 3 rings (SSSR count). The molecule has 8 heteroatoms. The molecule has 7 nitrogen and oxygen atoms in total. The molecule has 1 aliphatic rings. The fraction of sp³-hybridized carbons (Fsp3) is 0.500. The van der Waals surface area contributed by atoms with E-state index in [0.29, 0.717) is 12.5 Å². The highest BCUT2D eigenvalue weighted by Crippen LogP contribution is 2.16. The lowest BCUT2D eigenvalue weighted by Gasteiger charge is -2.36. The summed E-state index contributed by atoms with van der Waals surface area (Å²) in [4.78, 5) is 18.1. The Labute approximate surface area is 197 Å². The Balaban J connectivity index is 0.00000320. The Hall–Kier alpha value is -2.10. The highest BCUT2D eigenvalue weighted by atomic mass is 127. The first kappa shape index (κ1) is 24.2. The molecule has 0 atom stereocenters. The molecule has 1 fully saturated rings. The minimum atomic E-state index is 0. The molecule has 2 aromatic rings. The fourth-order valence-electron chi connectivity index (χ4n) is 3.16. The number of hydrogen-bond acceptors (Lipinski definition) is 5. The van der Waals surface area contributed by atoms with Crippen LogP contribution in [0.25, 0.3) is 0 Å². The van der Waals surface area contributed by atoms with Crippen LogP contribution in [0.4, 0.5) is 5.95 Å². The molecular formula is C22H33IN6O. The Morgan fingerprint density at radius 2 is 1.87 bits per heavy atom. The quantitative estimate of drug-likeness (QED) is 0.340. The minimum absolute atomic E-state index is 0. The molecule has 0 saturated carbocycles. The molecule has 1 N–H and O–H groups in total. The van der Waals surface area contributed by atoms with Crippen LogP contribution in [0.1, 0.15) is 26.3 Å². The summed E-state index contributed by atoms with van der Waals surface area (Å²) in [6.07, 6.45) is 3.58. The standard InChI is InChI=1S/C22H32N6O.HI/c1-4-23-21(26-16-19-7-5-8-20(15-19)29-17-18(2)3)27-11-13-28(14-12-27)22-24-9-6-10-25-22;/h5-10,15,18H,4,11-14,16-17H2,1-3H3,(H,23,26);1H. The van der Waals surface area contributed by atoms with Crippen molar-refractivity contribution in [2.45, 2.75) is 27.3 Å². The summed E-state index contributed by atoms with van der Waals surface area (Å²) in [6.45, 7) is 12.2. The largest absolute Gasteiger partial charge is 0.493 e. The van der Waals surface area contributed by atoms with Gasteiger partial charge in [0.15, 0.2) is 5.96 Å². The van der Waals surface area contributed by atoms with Crippen LogP contribution in [-0.2, 0) is 6.54 Å². The zero-order valence-electron chi connectivity index (χ0n) is 18.1. The molecule has 2 heterocycles. The van der Waals surface area contributed by atoms with Gasteiger partial charge in [-0.05, 0) is 36.6 Å². The van der Waals surface area contributed by atoms with Crippen LogP contribution < -0.4 is 15.0 Å². The Bertz CT molecular complexity index is 778. The second kappa shape index (κ2) is 12.6. The Morgan fingerprint density at radius 3 is 2.53 bits per heavy atom. The molecule has 0 amide bonds. The highest BCUT2D eigenvalue weighted by Gasteiger charge is 2.21. The van der Waals surface area contributed by atoms with Gasteiger partial charge in [-0.2, -0.15) is 0 Å². The van der Waals surface area contributed by atoms with Crippen LogP contribution in [0, 0.1) is 5.92 Å². The van der Waals surface area contributed by atoms with E-state index in [4.69, 9.17) is 9.73 Å². The zero-order chi connectivity index (χ0) is 20.5. The molecule has 0 bridgehead atoms. The van der Waals surface area contributed by atoms with Crippen molar-refractivity contribution in [1.82, 2.24) is 20.2 Å². The van der Waals surface area contributed by atoms with Gasteiger partial charge < -0.3 is 19.9 Å². The van der Waals surface area contributed by atoms with Gasteiger partial charge in [-0.15, -0.1) is 24.0 Å². The second-order valence-corrected chi connectivity index (χ2v) is 7.55. The average Bonchev–Trinajstić information content (AvgIpc) is 2.76. The number of rotatable bonds is 7. The number of piperazine rings is 1. The van der Waals surface area contributed by atoms with Gasteiger partial charge in [0, 0.05) is 45.1 Å². The van der Waals surface area contributed by atoms with Crippen molar-refractivity contribution in [3.63, 3.8) is 0 Å². The van der Waals surface area contributed by atoms with Crippen LogP contribution in [0.2, 0.25) is 0 Å². The molecular weight excluding hydrogens is 491 g/mol. The number of nitrogens with zero attached hydrogens (tertiary/aromatic N) is 5. The third-order valence-corrected chi connectivity index (χ3v) is 4.64. The van der Waals surface area contributed by atoms with E-state index in [2.05, 4.69) is 58.0 Å². The van der Waals surface area contributed by atoms with Crippen LogP contribution in [0.15, 0.2) is 47.7 Å². The maximum absolute atomic E-state index is 5.84. The average molecular weight is 524 g/mol. The third kappa shape index (κ3) is 7.30. The van der Waals surface area contributed by atoms with Crippen molar-refractivity contribution >= 4 is 35.9 Å². The number of guanidine groups is 1. The normalized spacial score (nSPS) is 14.5. The Morgan fingerprint density at radius 1 is 1.13 bits per heavy atom.